The minimum atomic E-state index is 0.991. The molecule has 1 aromatic heterocycles. The minimum absolute atomic E-state index is 0.991. The molecule has 1 N–H and O–H groups in total. The van der Waals surface area contributed by atoms with E-state index >= 15 is 0 Å². The zero-order chi connectivity index (χ0) is 11.3. The highest BCUT2D eigenvalue weighted by molar-refractivity contribution is 9.10. The summed E-state index contributed by atoms with van der Waals surface area (Å²) >= 11 is 5.39. The Morgan fingerprint density at radius 2 is 2.20 bits per heavy atom. The minimum Gasteiger partial charge on any atom is -0.312 e. The van der Waals surface area contributed by atoms with Crippen LogP contribution in [0.1, 0.15) is 16.2 Å². The van der Waals surface area contributed by atoms with Gasteiger partial charge in [-0.2, -0.15) is 0 Å². The van der Waals surface area contributed by atoms with Gasteiger partial charge in [0.1, 0.15) is 0 Å². The van der Waals surface area contributed by atoms with Crippen LogP contribution in [0, 0.1) is 6.92 Å². The van der Waals surface area contributed by atoms with E-state index in [0.717, 1.165) is 19.6 Å². The molecule has 2 nitrogen and oxygen atoms in total. The SMILES string of the molecule is Cc1sc(CNCCCN(C)C)cc1Br. The van der Waals surface area contributed by atoms with E-state index in [1.165, 1.54) is 20.6 Å². The van der Waals surface area contributed by atoms with Gasteiger partial charge in [-0.1, -0.05) is 0 Å². The quantitative estimate of drug-likeness (QED) is 0.811. The van der Waals surface area contributed by atoms with E-state index in [9.17, 15) is 0 Å². The largest absolute Gasteiger partial charge is 0.312 e. The molecule has 0 aromatic carbocycles. The van der Waals surface area contributed by atoms with Crippen molar-refractivity contribution in [3.05, 3.63) is 20.3 Å². The third-order valence-corrected chi connectivity index (χ3v) is 4.30. The summed E-state index contributed by atoms with van der Waals surface area (Å²) in [5, 5.41) is 3.46. The number of hydrogen-bond acceptors (Lipinski definition) is 3. The third kappa shape index (κ3) is 5.11. The van der Waals surface area contributed by atoms with Crippen molar-refractivity contribution < 1.29 is 0 Å². The molecule has 1 heterocycles. The van der Waals surface area contributed by atoms with Gasteiger partial charge < -0.3 is 10.2 Å². The summed E-state index contributed by atoms with van der Waals surface area (Å²) in [5.74, 6) is 0. The van der Waals surface area contributed by atoms with Gasteiger partial charge in [0.15, 0.2) is 0 Å². The van der Waals surface area contributed by atoms with Crippen LogP contribution in [0.2, 0.25) is 0 Å². The van der Waals surface area contributed by atoms with Crippen molar-refractivity contribution in [2.45, 2.75) is 19.9 Å². The van der Waals surface area contributed by atoms with Crippen LogP contribution in [0.25, 0.3) is 0 Å². The van der Waals surface area contributed by atoms with Crippen LogP contribution < -0.4 is 5.32 Å². The van der Waals surface area contributed by atoms with Gasteiger partial charge in [0.25, 0.3) is 0 Å². The molecule has 0 amide bonds. The Kier molecular flexibility index (Phi) is 5.82. The number of thiophene rings is 1. The Bertz CT molecular complexity index is 277. The third-order valence-electron chi connectivity index (χ3n) is 2.17. The van der Waals surface area contributed by atoms with Crippen molar-refractivity contribution in [3.8, 4) is 0 Å². The van der Waals surface area contributed by atoms with Crippen LogP contribution in [0.15, 0.2) is 10.5 Å². The van der Waals surface area contributed by atoms with Gasteiger partial charge in [-0.15, -0.1) is 11.3 Å². The van der Waals surface area contributed by atoms with Gasteiger partial charge in [0, 0.05) is 20.8 Å². The van der Waals surface area contributed by atoms with Crippen molar-refractivity contribution in [2.24, 2.45) is 0 Å². The maximum Gasteiger partial charge on any atom is 0.0314 e. The first-order chi connectivity index (χ1) is 7.09. The zero-order valence-corrected chi connectivity index (χ0v) is 12.0. The zero-order valence-electron chi connectivity index (χ0n) is 9.64. The number of rotatable bonds is 6. The van der Waals surface area contributed by atoms with Crippen molar-refractivity contribution in [2.75, 3.05) is 27.2 Å². The summed E-state index contributed by atoms with van der Waals surface area (Å²) in [5.41, 5.74) is 0. The van der Waals surface area contributed by atoms with E-state index in [4.69, 9.17) is 0 Å². The Hall–Kier alpha value is 0.100. The van der Waals surface area contributed by atoms with Gasteiger partial charge in [-0.3, -0.25) is 0 Å². The first-order valence-corrected chi connectivity index (χ1v) is 6.81. The molecule has 1 aromatic rings. The van der Waals surface area contributed by atoms with E-state index in [1.54, 1.807) is 0 Å². The molecule has 86 valence electrons. The summed E-state index contributed by atoms with van der Waals surface area (Å²) in [7, 11) is 4.22. The van der Waals surface area contributed by atoms with Crippen molar-refractivity contribution in [3.63, 3.8) is 0 Å². The van der Waals surface area contributed by atoms with Gasteiger partial charge in [0.05, 0.1) is 0 Å². The molecule has 15 heavy (non-hydrogen) atoms. The van der Waals surface area contributed by atoms with Gasteiger partial charge >= 0.3 is 0 Å². The standard InChI is InChI=1S/C11H19BrN2S/c1-9-11(12)7-10(15-9)8-13-5-4-6-14(2)3/h7,13H,4-6,8H2,1-3H3. The Labute approximate surface area is 105 Å². The molecule has 4 heteroatoms. The van der Waals surface area contributed by atoms with Crippen molar-refractivity contribution in [1.29, 1.82) is 0 Å². The number of nitrogens with one attached hydrogen (secondary N) is 1. The molecule has 0 spiro atoms. The summed E-state index contributed by atoms with van der Waals surface area (Å²) in [6, 6.07) is 2.21. The fraction of sp³-hybridized carbons (Fsp3) is 0.636. The second-order valence-corrected chi connectivity index (χ2v) is 6.15. The molecule has 0 unspecified atom stereocenters. The molecule has 0 atom stereocenters. The predicted molar refractivity (Wildman–Crippen MR) is 71.6 cm³/mol. The molecule has 1 rings (SSSR count). The molecule has 0 fully saturated rings. The van der Waals surface area contributed by atoms with Crippen LogP contribution in [-0.4, -0.2) is 32.1 Å². The van der Waals surface area contributed by atoms with Crippen LogP contribution in [-0.2, 0) is 6.54 Å². The van der Waals surface area contributed by atoms with Crippen molar-refractivity contribution >= 4 is 27.3 Å². The molecule has 0 saturated carbocycles. The maximum atomic E-state index is 3.53. The van der Waals surface area contributed by atoms with E-state index in [0.29, 0.717) is 0 Å². The maximum absolute atomic E-state index is 3.53. The lowest BCUT2D eigenvalue weighted by Crippen LogP contribution is -2.20. The van der Waals surface area contributed by atoms with Crippen LogP contribution in [0.5, 0.6) is 0 Å². The lowest BCUT2D eigenvalue weighted by molar-refractivity contribution is 0.394. The molecule has 0 radical (unpaired) electrons. The summed E-state index contributed by atoms with van der Waals surface area (Å²) in [4.78, 5) is 4.98. The number of nitrogens with zero attached hydrogens (tertiary/aromatic N) is 1. The van der Waals surface area contributed by atoms with Crippen molar-refractivity contribution in [1.82, 2.24) is 10.2 Å². The highest BCUT2D eigenvalue weighted by Gasteiger charge is 2.01. The second-order valence-electron chi connectivity index (χ2n) is 3.95. The average molecular weight is 291 g/mol. The molecule has 0 saturated heterocycles. The first-order valence-electron chi connectivity index (χ1n) is 5.20. The highest BCUT2D eigenvalue weighted by atomic mass is 79.9. The van der Waals surface area contributed by atoms with E-state index in [2.05, 4.69) is 53.2 Å². The fourth-order valence-corrected chi connectivity index (χ4v) is 2.91. The number of hydrogen-bond donors (Lipinski definition) is 1. The smallest absolute Gasteiger partial charge is 0.0314 e. The molecule has 0 aliphatic heterocycles. The van der Waals surface area contributed by atoms with Crippen LogP contribution in [0.4, 0.5) is 0 Å². The average Bonchev–Trinajstić information content (AvgIpc) is 2.45. The Balaban J connectivity index is 2.15. The fourth-order valence-electron chi connectivity index (χ4n) is 1.34. The molecule has 0 aliphatic rings. The molecular formula is C11H19BrN2S. The molecule has 0 aliphatic carbocycles. The first kappa shape index (κ1) is 13.2. The van der Waals surface area contributed by atoms with Gasteiger partial charge in [0.2, 0.25) is 0 Å². The van der Waals surface area contributed by atoms with Crippen LogP contribution in [0.3, 0.4) is 0 Å². The summed E-state index contributed by atoms with van der Waals surface area (Å²) in [6.07, 6.45) is 1.21. The molecular weight excluding hydrogens is 272 g/mol. The second kappa shape index (κ2) is 6.63. The molecule has 0 bridgehead atoms. The number of halogens is 1. The van der Waals surface area contributed by atoms with E-state index in [-0.39, 0.29) is 0 Å². The highest BCUT2D eigenvalue weighted by Crippen LogP contribution is 2.25. The lowest BCUT2D eigenvalue weighted by atomic mass is 10.4. The lowest BCUT2D eigenvalue weighted by Gasteiger charge is -2.09. The predicted octanol–water partition coefficient (Wildman–Crippen LogP) is 2.86. The van der Waals surface area contributed by atoms with Gasteiger partial charge in [-0.05, 0) is 62.5 Å². The van der Waals surface area contributed by atoms with E-state index in [1.807, 2.05) is 11.3 Å². The van der Waals surface area contributed by atoms with Crippen LogP contribution >= 0.6 is 27.3 Å². The monoisotopic (exact) mass is 290 g/mol. The Morgan fingerprint density at radius 3 is 2.73 bits per heavy atom. The number of aryl methyl sites for hydroxylation is 1. The van der Waals surface area contributed by atoms with E-state index < -0.39 is 0 Å². The van der Waals surface area contributed by atoms with Gasteiger partial charge in [-0.25, -0.2) is 0 Å². The Morgan fingerprint density at radius 1 is 1.47 bits per heavy atom. The summed E-state index contributed by atoms with van der Waals surface area (Å²) < 4.78 is 1.23. The summed E-state index contributed by atoms with van der Waals surface area (Å²) in [6.45, 7) is 5.38. The normalized spacial score (nSPS) is 11.3. The topological polar surface area (TPSA) is 15.3 Å².